The van der Waals surface area contributed by atoms with Crippen molar-refractivity contribution >= 4 is 23.0 Å². The molecule has 34 heavy (non-hydrogen) atoms. The number of Topliss-reactive ketones (excluding diaryl/α,β-unsaturated/α-hetero) is 1. The fourth-order valence-corrected chi connectivity index (χ4v) is 6.31. The second-order valence-electron chi connectivity index (χ2n) is 10.4. The van der Waals surface area contributed by atoms with Crippen LogP contribution >= 0.6 is 11.3 Å². The first-order chi connectivity index (χ1) is 16.5. The third-order valence-corrected chi connectivity index (χ3v) is 8.73. The summed E-state index contributed by atoms with van der Waals surface area (Å²) in [5, 5.41) is 13.7. The molecule has 0 spiro atoms. The molecule has 0 saturated carbocycles. The molecule has 0 radical (unpaired) electrons. The maximum atomic E-state index is 12.8. The van der Waals surface area contributed by atoms with Crippen LogP contribution in [-0.4, -0.2) is 51.6 Å². The predicted octanol–water partition coefficient (Wildman–Crippen LogP) is 7.18. The zero-order valence-electron chi connectivity index (χ0n) is 21.9. The number of fused-ring (bicyclic) bond motifs is 1. The van der Waals surface area contributed by atoms with Gasteiger partial charge in [-0.2, -0.15) is 0 Å². The van der Waals surface area contributed by atoms with Gasteiger partial charge < -0.3 is 5.11 Å². The van der Waals surface area contributed by atoms with E-state index in [0.717, 1.165) is 54.2 Å². The second-order valence-corrected chi connectivity index (χ2v) is 11.3. The van der Waals surface area contributed by atoms with Crippen molar-refractivity contribution in [1.29, 1.82) is 0 Å². The minimum atomic E-state index is -0.886. The van der Waals surface area contributed by atoms with Gasteiger partial charge in [0.2, 0.25) is 11.5 Å². The molecule has 2 aliphatic heterocycles. The second kappa shape index (κ2) is 13.6. The smallest absolute Gasteiger partial charge is 0.278 e. The maximum absolute atomic E-state index is 12.8. The number of hydrogen-bond acceptors (Lipinski definition) is 4. The fourth-order valence-electron chi connectivity index (χ4n) is 5.65. The molecule has 0 aromatic carbocycles. The van der Waals surface area contributed by atoms with Crippen LogP contribution in [0.25, 0.3) is 0 Å². The number of rotatable bonds is 16. The van der Waals surface area contributed by atoms with Gasteiger partial charge in [0, 0.05) is 24.0 Å². The molecule has 0 fully saturated rings. The summed E-state index contributed by atoms with van der Waals surface area (Å²) in [6, 6.07) is 3.84. The van der Waals surface area contributed by atoms with Gasteiger partial charge in [-0.1, -0.05) is 83.6 Å². The molecule has 1 N–H and O–H groups in total. The van der Waals surface area contributed by atoms with E-state index < -0.39 is 5.72 Å². The van der Waals surface area contributed by atoms with Gasteiger partial charge in [-0.05, 0) is 31.7 Å². The van der Waals surface area contributed by atoms with Gasteiger partial charge in [0.25, 0.3) is 5.84 Å². The Labute approximate surface area is 211 Å². The van der Waals surface area contributed by atoms with Crippen LogP contribution < -0.4 is 0 Å². The van der Waals surface area contributed by atoms with Crippen molar-refractivity contribution in [3.8, 4) is 0 Å². The molecule has 0 saturated heterocycles. The first-order valence-corrected chi connectivity index (χ1v) is 14.7. The highest BCUT2D eigenvalue weighted by atomic mass is 32.1. The molecule has 4 nitrogen and oxygen atoms in total. The van der Waals surface area contributed by atoms with Gasteiger partial charge in [0.15, 0.2) is 0 Å². The first kappa shape index (κ1) is 27.1. The molecular formula is C29H47N2O2S+. The van der Waals surface area contributed by atoms with Crippen molar-refractivity contribution in [3.63, 3.8) is 0 Å². The molecule has 1 aromatic rings. The summed E-state index contributed by atoms with van der Waals surface area (Å²) in [6.07, 6.45) is 17.7. The van der Waals surface area contributed by atoms with Crippen molar-refractivity contribution in [1.82, 2.24) is 4.90 Å². The lowest BCUT2D eigenvalue weighted by Gasteiger charge is -2.34. The van der Waals surface area contributed by atoms with Crippen LogP contribution in [0.5, 0.6) is 0 Å². The van der Waals surface area contributed by atoms with Crippen LogP contribution in [0, 0.1) is 0 Å². The van der Waals surface area contributed by atoms with E-state index >= 15 is 0 Å². The summed E-state index contributed by atoms with van der Waals surface area (Å²) in [4.78, 5) is 15.8. The first-order valence-electron chi connectivity index (χ1n) is 13.9. The summed E-state index contributed by atoms with van der Waals surface area (Å²) in [5.74, 6) is 1.25. The van der Waals surface area contributed by atoms with E-state index in [1.54, 1.807) is 0 Å². The topological polar surface area (TPSA) is 43.6 Å². The Morgan fingerprint density at radius 1 is 1.03 bits per heavy atom. The minimum absolute atomic E-state index is 0.172. The summed E-state index contributed by atoms with van der Waals surface area (Å²) in [7, 11) is 0. The Kier molecular flexibility index (Phi) is 10.8. The highest BCUT2D eigenvalue weighted by Gasteiger charge is 2.53. The van der Waals surface area contributed by atoms with Crippen LogP contribution in [0.2, 0.25) is 0 Å². The van der Waals surface area contributed by atoms with E-state index in [-0.39, 0.29) is 5.78 Å². The number of hydrogen-bond donors (Lipinski definition) is 1. The highest BCUT2D eigenvalue weighted by molar-refractivity contribution is 7.12. The van der Waals surface area contributed by atoms with Gasteiger partial charge >= 0.3 is 0 Å². The van der Waals surface area contributed by atoms with E-state index in [2.05, 4.69) is 30.2 Å². The molecule has 5 heteroatoms. The zero-order chi connectivity index (χ0) is 24.4. The van der Waals surface area contributed by atoms with Crippen LogP contribution in [-0.2, 0) is 0 Å². The summed E-state index contributed by atoms with van der Waals surface area (Å²) in [5.41, 5.74) is 1.34. The number of ketones is 1. The van der Waals surface area contributed by atoms with E-state index in [4.69, 9.17) is 0 Å². The number of nitrogens with zero attached hydrogens (tertiary/aromatic N) is 2. The van der Waals surface area contributed by atoms with Crippen LogP contribution in [0.3, 0.4) is 0 Å². The van der Waals surface area contributed by atoms with E-state index in [0.29, 0.717) is 6.54 Å². The van der Waals surface area contributed by atoms with Crippen molar-refractivity contribution in [2.24, 2.45) is 0 Å². The average Bonchev–Trinajstić information content (AvgIpc) is 3.44. The van der Waals surface area contributed by atoms with Crippen molar-refractivity contribution < 1.29 is 14.5 Å². The van der Waals surface area contributed by atoms with E-state index in [1.807, 2.05) is 17.5 Å². The summed E-state index contributed by atoms with van der Waals surface area (Å²) < 4.78 is 2.20. The lowest BCUT2D eigenvalue weighted by Crippen LogP contribution is -2.54. The normalized spacial score (nSPS) is 20.4. The van der Waals surface area contributed by atoms with E-state index in [1.165, 1.54) is 82.0 Å². The number of aliphatic hydroxyl groups is 1. The predicted molar refractivity (Wildman–Crippen MR) is 144 cm³/mol. The van der Waals surface area contributed by atoms with Crippen LogP contribution in [0.15, 0.2) is 28.7 Å². The Morgan fingerprint density at radius 3 is 2.24 bits per heavy atom. The quantitative estimate of drug-likeness (QED) is 0.153. The Morgan fingerprint density at radius 2 is 1.65 bits per heavy atom. The van der Waals surface area contributed by atoms with Crippen LogP contribution in [0.1, 0.15) is 120 Å². The molecule has 1 aromatic heterocycles. The monoisotopic (exact) mass is 487 g/mol. The van der Waals surface area contributed by atoms with Gasteiger partial charge in [-0.15, -0.1) is 11.3 Å². The number of unbranched alkanes of at least 4 members (excludes halogenated alkanes) is 11. The summed E-state index contributed by atoms with van der Waals surface area (Å²) >= 11 is 1.51. The lowest BCUT2D eigenvalue weighted by atomic mass is 9.96. The standard InChI is InChI=1S/C29H47N2O2S/c1-4-5-6-7-8-9-10-11-12-13-14-15-19-29(33)25(3)24(2)28-30(20-17-21-31(28)29)23-26(32)27-18-16-22-34-27/h16,18,22,33H,4-15,17,19-21,23H2,1-3H3/q+1. The average molecular weight is 488 g/mol. The molecule has 2 aliphatic rings. The molecule has 3 rings (SSSR count). The molecular weight excluding hydrogens is 440 g/mol. The minimum Gasteiger partial charge on any atom is -0.350 e. The molecule has 3 heterocycles. The molecule has 0 bridgehead atoms. The third-order valence-electron chi connectivity index (χ3n) is 7.82. The van der Waals surface area contributed by atoms with Gasteiger partial charge in [0.05, 0.1) is 18.0 Å². The van der Waals surface area contributed by atoms with E-state index in [9.17, 15) is 9.90 Å². The Balaban J connectivity index is 1.45. The van der Waals surface area contributed by atoms with Crippen LogP contribution in [0.4, 0.5) is 0 Å². The van der Waals surface area contributed by atoms with Gasteiger partial charge in [-0.3, -0.25) is 9.37 Å². The fraction of sp³-hybridized carbons (Fsp3) is 0.724. The molecule has 190 valence electrons. The molecule has 1 atom stereocenters. The summed E-state index contributed by atoms with van der Waals surface area (Å²) in [6.45, 7) is 8.61. The molecule has 0 amide bonds. The zero-order valence-corrected chi connectivity index (χ0v) is 22.7. The Bertz CT molecular complexity index is 842. The number of amidine groups is 1. The SMILES string of the molecule is CCCCCCCCCCCCCCC1(O)C(C)=C(C)C2=[N+](CC(=O)c3cccs3)CCCN21. The number of carbonyl (C=O) groups is 1. The van der Waals surface area contributed by atoms with Crippen molar-refractivity contribution in [3.05, 3.63) is 33.5 Å². The van der Waals surface area contributed by atoms with Crippen molar-refractivity contribution in [2.75, 3.05) is 19.6 Å². The molecule has 0 aliphatic carbocycles. The van der Waals surface area contributed by atoms with Crippen molar-refractivity contribution in [2.45, 2.75) is 116 Å². The number of carbonyl (C=O) groups excluding carboxylic acids is 1. The van der Waals surface area contributed by atoms with Gasteiger partial charge in [-0.25, -0.2) is 4.90 Å². The lowest BCUT2D eigenvalue weighted by molar-refractivity contribution is -0.526. The third kappa shape index (κ3) is 6.81. The largest absolute Gasteiger partial charge is 0.350 e. The number of thiophene rings is 1. The molecule has 1 unspecified atom stereocenters. The maximum Gasteiger partial charge on any atom is 0.278 e. The Hall–Kier alpha value is -1.46. The highest BCUT2D eigenvalue weighted by Crippen LogP contribution is 2.39. The van der Waals surface area contributed by atoms with Gasteiger partial charge in [0.1, 0.15) is 6.54 Å².